The van der Waals surface area contributed by atoms with Gasteiger partial charge in [0.25, 0.3) is 0 Å². The van der Waals surface area contributed by atoms with Crippen LogP contribution in [-0.2, 0) is 0 Å². The fourth-order valence-corrected chi connectivity index (χ4v) is 2.89. The first-order chi connectivity index (χ1) is 7.15. The van der Waals surface area contributed by atoms with E-state index in [4.69, 9.17) is 23.2 Å². The number of rotatable bonds is 3. The Labute approximate surface area is 107 Å². The first-order valence-electron chi connectivity index (χ1n) is 4.84. The van der Waals surface area contributed by atoms with E-state index in [9.17, 15) is 0 Å². The van der Waals surface area contributed by atoms with Gasteiger partial charge < -0.3 is 5.32 Å². The number of pyridine rings is 1. The van der Waals surface area contributed by atoms with E-state index in [1.807, 2.05) is 6.07 Å². The van der Waals surface area contributed by atoms with E-state index in [1.165, 1.54) is 0 Å². The van der Waals surface area contributed by atoms with E-state index in [-0.39, 0.29) is 0 Å². The van der Waals surface area contributed by atoms with Gasteiger partial charge >= 0.3 is 0 Å². The molecule has 0 spiro atoms. The van der Waals surface area contributed by atoms with E-state index >= 15 is 0 Å². The lowest BCUT2D eigenvalue weighted by Crippen LogP contribution is -2.30. The Morgan fingerprint density at radius 2 is 2.27 bits per heavy atom. The molecule has 0 aliphatic heterocycles. The maximum absolute atomic E-state index is 5.91. The van der Waals surface area contributed by atoms with Crippen LogP contribution >= 0.6 is 39.1 Å². The Kier molecular flexibility index (Phi) is 3.75. The zero-order chi connectivity index (χ0) is 10.8. The molecule has 0 bridgehead atoms. The number of anilines is 1. The molecule has 1 heterocycles. The molecule has 1 aliphatic carbocycles. The van der Waals surface area contributed by atoms with Crippen LogP contribution in [0.4, 0.5) is 5.82 Å². The second-order valence-electron chi connectivity index (χ2n) is 3.80. The average Bonchev–Trinajstić information content (AvgIpc) is 2.13. The predicted octanol–water partition coefficient (Wildman–Crippen LogP) is 3.93. The van der Waals surface area contributed by atoms with Crippen molar-refractivity contribution in [3.05, 3.63) is 21.8 Å². The average molecular weight is 310 g/mol. The molecule has 0 atom stereocenters. The van der Waals surface area contributed by atoms with Gasteiger partial charge in [0.1, 0.15) is 5.82 Å². The molecular formula is C10H11BrCl2N2. The molecule has 1 aromatic heterocycles. The number of aromatic nitrogens is 1. The summed E-state index contributed by atoms with van der Waals surface area (Å²) in [5.74, 6) is 1.52. The summed E-state index contributed by atoms with van der Waals surface area (Å²) in [5.41, 5.74) is 0. The van der Waals surface area contributed by atoms with Gasteiger partial charge in [-0.3, -0.25) is 0 Å². The molecule has 2 rings (SSSR count). The summed E-state index contributed by atoms with van der Waals surface area (Å²) in [6, 6.07) is 1.84. The molecule has 1 saturated carbocycles. The molecule has 15 heavy (non-hydrogen) atoms. The monoisotopic (exact) mass is 308 g/mol. The molecule has 0 radical (unpaired) electrons. The van der Waals surface area contributed by atoms with Crippen LogP contribution in [0, 0.1) is 5.92 Å². The first-order valence-corrected chi connectivity index (χ1v) is 6.45. The van der Waals surface area contributed by atoms with Crippen molar-refractivity contribution in [2.45, 2.75) is 18.2 Å². The Balaban J connectivity index is 1.88. The zero-order valence-electron chi connectivity index (χ0n) is 8.01. The highest BCUT2D eigenvalue weighted by molar-refractivity contribution is 9.10. The molecule has 1 N–H and O–H groups in total. The standard InChI is InChI=1S/C10H11BrCl2N2/c11-9-3-8(13)5-15-10(9)14-4-6-1-7(12)2-6/h3,5-7H,1-2,4H2,(H,14,15). The SMILES string of the molecule is Clc1cnc(NCC2CC(Cl)C2)c(Br)c1. The van der Waals surface area contributed by atoms with Crippen LogP contribution in [0.2, 0.25) is 5.02 Å². The van der Waals surface area contributed by atoms with E-state index < -0.39 is 0 Å². The number of hydrogen-bond acceptors (Lipinski definition) is 2. The van der Waals surface area contributed by atoms with Gasteiger partial charge in [0.2, 0.25) is 0 Å². The second-order valence-corrected chi connectivity index (χ2v) is 5.71. The number of hydrogen-bond donors (Lipinski definition) is 1. The van der Waals surface area contributed by atoms with Crippen LogP contribution < -0.4 is 5.32 Å². The summed E-state index contributed by atoms with van der Waals surface area (Å²) in [6.45, 7) is 0.927. The molecule has 5 heteroatoms. The summed E-state index contributed by atoms with van der Waals surface area (Å²) in [4.78, 5) is 4.20. The molecular weight excluding hydrogens is 299 g/mol. The highest BCUT2D eigenvalue weighted by atomic mass is 79.9. The highest BCUT2D eigenvalue weighted by Crippen LogP contribution is 2.32. The molecule has 0 unspecified atom stereocenters. The van der Waals surface area contributed by atoms with Crippen molar-refractivity contribution in [3.8, 4) is 0 Å². The number of halogens is 3. The Morgan fingerprint density at radius 3 is 2.87 bits per heavy atom. The summed E-state index contributed by atoms with van der Waals surface area (Å²) >= 11 is 15.1. The predicted molar refractivity (Wildman–Crippen MR) is 67.8 cm³/mol. The van der Waals surface area contributed by atoms with Crippen molar-refractivity contribution in [2.24, 2.45) is 5.92 Å². The Hall–Kier alpha value is 0.01000. The van der Waals surface area contributed by atoms with Crippen molar-refractivity contribution in [3.63, 3.8) is 0 Å². The van der Waals surface area contributed by atoms with Gasteiger partial charge in [-0.15, -0.1) is 11.6 Å². The molecule has 82 valence electrons. The molecule has 1 fully saturated rings. The van der Waals surface area contributed by atoms with Crippen LogP contribution in [-0.4, -0.2) is 16.9 Å². The van der Waals surface area contributed by atoms with Crippen LogP contribution in [0.3, 0.4) is 0 Å². The van der Waals surface area contributed by atoms with Gasteiger partial charge in [0.15, 0.2) is 0 Å². The number of nitrogens with one attached hydrogen (secondary N) is 1. The van der Waals surface area contributed by atoms with Crippen molar-refractivity contribution >= 4 is 44.9 Å². The van der Waals surface area contributed by atoms with Crippen LogP contribution in [0.1, 0.15) is 12.8 Å². The normalized spacial score (nSPS) is 24.7. The van der Waals surface area contributed by atoms with Crippen molar-refractivity contribution < 1.29 is 0 Å². The van der Waals surface area contributed by atoms with Crippen LogP contribution in [0.5, 0.6) is 0 Å². The van der Waals surface area contributed by atoms with Gasteiger partial charge in [-0.25, -0.2) is 4.98 Å². The maximum Gasteiger partial charge on any atom is 0.140 e. The number of alkyl halides is 1. The first kappa shape index (κ1) is 11.5. The lowest BCUT2D eigenvalue weighted by molar-refractivity contribution is 0.341. The third-order valence-electron chi connectivity index (χ3n) is 2.54. The van der Waals surface area contributed by atoms with Crippen LogP contribution in [0.25, 0.3) is 0 Å². The van der Waals surface area contributed by atoms with E-state index in [2.05, 4.69) is 26.2 Å². The molecule has 1 aliphatic rings. The summed E-state index contributed by atoms with van der Waals surface area (Å²) < 4.78 is 0.900. The van der Waals surface area contributed by atoms with Crippen molar-refractivity contribution in [2.75, 3.05) is 11.9 Å². The summed E-state index contributed by atoms with van der Waals surface area (Å²) in [5, 5.41) is 4.30. The minimum atomic E-state index is 0.374. The van der Waals surface area contributed by atoms with E-state index in [1.54, 1.807) is 6.20 Å². The largest absolute Gasteiger partial charge is 0.369 e. The zero-order valence-corrected chi connectivity index (χ0v) is 11.1. The summed E-state index contributed by atoms with van der Waals surface area (Å²) in [7, 11) is 0. The van der Waals surface area contributed by atoms with Gasteiger partial charge in [-0.05, 0) is 40.8 Å². The lowest BCUT2D eigenvalue weighted by Gasteiger charge is -2.31. The highest BCUT2D eigenvalue weighted by Gasteiger charge is 2.26. The third-order valence-corrected chi connectivity index (χ3v) is 3.71. The fraction of sp³-hybridized carbons (Fsp3) is 0.500. The third kappa shape index (κ3) is 2.99. The Bertz CT molecular complexity index is 353. The van der Waals surface area contributed by atoms with Crippen molar-refractivity contribution in [1.29, 1.82) is 0 Å². The second kappa shape index (κ2) is 4.89. The molecule has 0 saturated heterocycles. The lowest BCUT2D eigenvalue weighted by atomic mass is 9.85. The minimum absolute atomic E-state index is 0.374. The smallest absolute Gasteiger partial charge is 0.140 e. The Morgan fingerprint density at radius 1 is 1.53 bits per heavy atom. The molecule has 0 amide bonds. The van der Waals surface area contributed by atoms with Gasteiger partial charge in [0, 0.05) is 18.1 Å². The maximum atomic E-state index is 5.91. The molecule has 0 aromatic carbocycles. The quantitative estimate of drug-likeness (QED) is 0.856. The summed E-state index contributed by atoms with van der Waals surface area (Å²) in [6.07, 6.45) is 3.83. The van der Waals surface area contributed by atoms with E-state index in [0.717, 1.165) is 29.7 Å². The van der Waals surface area contributed by atoms with Gasteiger partial charge in [-0.1, -0.05) is 11.6 Å². The number of nitrogens with zero attached hydrogens (tertiary/aromatic N) is 1. The topological polar surface area (TPSA) is 24.9 Å². The fourth-order valence-electron chi connectivity index (χ4n) is 1.61. The molecule has 1 aromatic rings. The van der Waals surface area contributed by atoms with Gasteiger partial charge in [-0.2, -0.15) is 0 Å². The molecule has 2 nitrogen and oxygen atoms in total. The van der Waals surface area contributed by atoms with Crippen LogP contribution in [0.15, 0.2) is 16.7 Å². The van der Waals surface area contributed by atoms with Crippen molar-refractivity contribution in [1.82, 2.24) is 4.98 Å². The van der Waals surface area contributed by atoms with E-state index in [0.29, 0.717) is 16.3 Å². The minimum Gasteiger partial charge on any atom is -0.369 e. The van der Waals surface area contributed by atoms with Gasteiger partial charge in [0.05, 0.1) is 9.50 Å².